The lowest BCUT2D eigenvalue weighted by atomic mass is 10.2. The molecule has 1 aromatic carbocycles. The fraction of sp³-hybridized carbons (Fsp3) is 0.455. The smallest absolute Gasteiger partial charge is 0.0455 e. The first-order chi connectivity index (χ1) is 6.65. The second-order valence-electron chi connectivity index (χ2n) is 3.43. The summed E-state index contributed by atoms with van der Waals surface area (Å²) in [7, 11) is 2.00. The number of nitrogens with zero attached hydrogens (tertiary/aromatic N) is 1. The van der Waals surface area contributed by atoms with Gasteiger partial charge in [0, 0.05) is 30.9 Å². The number of aliphatic hydroxyl groups excluding tert-OH is 1. The van der Waals surface area contributed by atoms with E-state index < -0.39 is 0 Å². The van der Waals surface area contributed by atoms with Crippen LogP contribution in [0.2, 0.25) is 5.02 Å². The van der Waals surface area contributed by atoms with Crippen LogP contribution in [-0.2, 0) is 0 Å². The largest absolute Gasteiger partial charge is 0.396 e. The molecule has 0 aliphatic rings. The highest BCUT2D eigenvalue weighted by atomic mass is 35.5. The number of hydrogen-bond acceptors (Lipinski definition) is 2. The van der Waals surface area contributed by atoms with Crippen molar-refractivity contribution in [1.82, 2.24) is 0 Å². The number of rotatable bonds is 4. The van der Waals surface area contributed by atoms with Gasteiger partial charge in [-0.05, 0) is 31.0 Å². The molecule has 1 rings (SSSR count). The lowest BCUT2D eigenvalue weighted by Crippen LogP contribution is -2.19. The normalized spacial score (nSPS) is 10.3. The maximum atomic E-state index is 8.71. The van der Waals surface area contributed by atoms with Gasteiger partial charge in [0.15, 0.2) is 0 Å². The molecule has 0 unspecified atom stereocenters. The van der Waals surface area contributed by atoms with Crippen molar-refractivity contribution in [3.8, 4) is 0 Å². The van der Waals surface area contributed by atoms with Gasteiger partial charge in [0.05, 0.1) is 0 Å². The summed E-state index contributed by atoms with van der Waals surface area (Å²) in [5, 5.41) is 9.50. The first kappa shape index (κ1) is 11.3. The molecule has 0 heterocycles. The SMILES string of the molecule is Cc1ccc(N(C)CCCO)cc1Cl. The van der Waals surface area contributed by atoms with Crippen LogP contribution < -0.4 is 4.90 Å². The van der Waals surface area contributed by atoms with E-state index in [-0.39, 0.29) is 6.61 Å². The zero-order valence-electron chi connectivity index (χ0n) is 8.63. The van der Waals surface area contributed by atoms with Crippen LogP contribution in [0.4, 0.5) is 5.69 Å². The molecule has 3 heteroatoms. The first-order valence-corrected chi connectivity index (χ1v) is 5.11. The predicted molar refractivity (Wildman–Crippen MR) is 61.2 cm³/mol. The number of benzene rings is 1. The van der Waals surface area contributed by atoms with Gasteiger partial charge in [-0.25, -0.2) is 0 Å². The van der Waals surface area contributed by atoms with E-state index >= 15 is 0 Å². The van der Waals surface area contributed by atoms with Gasteiger partial charge in [0.2, 0.25) is 0 Å². The number of halogens is 1. The molecule has 0 amide bonds. The Morgan fingerprint density at radius 3 is 2.71 bits per heavy atom. The van der Waals surface area contributed by atoms with E-state index in [1.54, 1.807) is 0 Å². The Bertz CT molecular complexity index is 301. The summed E-state index contributed by atoms with van der Waals surface area (Å²) in [5.74, 6) is 0. The monoisotopic (exact) mass is 213 g/mol. The number of anilines is 1. The van der Waals surface area contributed by atoms with Crippen LogP contribution in [0.3, 0.4) is 0 Å². The van der Waals surface area contributed by atoms with Gasteiger partial charge < -0.3 is 10.0 Å². The summed E-state index contributed by atoms with van der Waals surface area (Å²) in [6, 6.07) is 6.00. The molecular formula is C11H16ClNO. The number of aryl methyl sites for hydroxylation is 1. The van der Waals surface area contributed by atoms with Crippen molar-refractivity contribution in [1.29, 1.82) is 0 Å². The van der Waals surface area contributed by atoms with Crippen molar-refractivity contribution in [3.05, 3.63) is 28.8 Å². The van der Waals surface area contributed by atoms with Crippen molar-refractivity contribution in [2.75, 3.05) is 25.1 Å². The molecule has 0 fully saturated rings. The molecule has 0 radical (unpaired) electrons. The fourth-order valence-corrected chi connectivity index (χ4v) is 1.43. The zero-order chi connectivity index (χ0) is 10.6. The number of aliphatic hydroxyl groups is 1. The third kappa shape index (κ3) is 2.89. The fourth-order valence-electron chi connectivity index (χ4n) is 1.26. The van der Waals surface area contributed by atoms with Crippen LogP contribution in [0.1, 0.15) is 12.0 Å². The maximum absolute atomic E-state index is 8.71. The Balaban J connectivity index is 2.70. The average Bonchev–Trinajstić information content (AvgIpc) is 2.18. The van der Waals surface area contributed by atoms with Crippen molar-refractivity contribution in [3.63, 3.8) is 0 Å². The van der Waals surface area contributed by atoms with Gasteiger partial charge in [-0.3, -0.25) is 0 Å². The molecule has 0 atom stereocenters. The van der Waals surface area contributed by atoms with Crippen molar-refractivity contribution >= 4 is 17.3 Å². The van der Waals surface area contributed by atoms with Crippen molar-refractivity contribution in [2.24, 2.45) is 0 Å². The Labute approximate surface area is 90.1 Å². The molecule has 0 aromatic heterocycles. The minimum absolute atomic E-state index is 0.226. The van der Waals surface area contributed by atoms with E-state index in [0.717, 1.165) is 29.2 Å². The second kappa shape index (κ2) is 5.23. The molecule has 0 saturated carbocycles. The first-order valence-electron chi connectivity index (χ1n) is 4.73. The van der Waals surface area contributed by atoms with E-state index in [0.29, 0.717) is 0 Å². The Morgan fingerprint density at radius 2 is 2.14 bits per heavy atom. The van der Waals surface area contributed by atoms with Gasteiger partial charge >= 0.3 is 0 Å². The summed E-state index contributed by atoms with van der Waals surface area (Å²) >= 11 is 6.02. The van der Waals surface area contributed by atoms with Gasteiger partial charge in [-0.15, -0.1) is 0 Å². The average molecular weight is 214 g/mol. The van der Waals surface area contributed by atoms with Crippen LogP contribution >= 0.6 is 11.6 Å². The molecule has 0 aliphatic heterocycles. The third-order valence-corrected chi connectivity index (χ3v) is 2.66. The molecule has 1 N–H and O–H groups in total. The summed E-state index contributed by atoms with van der Waals surface area (Å²) in [6.45, 7) is 3.06. The molecule has 0 saturated heterocycles. The summed E-state index contributed by atoms with van der Waals surface area (Å²) < 4.78 is 0. The highest BCUT2D eigenvalue weighted by Crippen LogP contribution is 2.22. The number of hydrogen-bond donors (Lipinski definition) is 1. The van der Waals surface area contributed by atoms with Crippen LogP contribution in [0, 0.1) is 6.92 Å². The molecule has 0 aliphatic carbocycles. The van der Waals surface area contributed by atoms with Crippen LogP contribution in [0.25, 0.3) is 0 Å². The summed E-state index contributed by atoms with van der Waals surface area (Å²) in [4.78, 5) is 2.08. The van der Waals surface area contributed by atoms with Crippen LogP contribution in [0.15, 0.2) is 18.2 Å². The van der Waals surface area contributed by atoms with E-state index in [9.17, 15) is 0 Å². The van der Waals surface area contributed by atoms with Gasteiger partial charge in [-0.2, -0.15) is 0 Å². The molecule has 0 spiro atoms. The molecular weight excluding hydrogens is 198 g/mol. The van der Waals surface area contributed by atoms with Crippen LogP contribution in [0.5, 0.6) is 0 Å². The quantitative estimate of drug-likeness (QED) is 0.831. The lowest BCUT2D eigenvalue weighted by molar-refractivity contribution is 0.290. The van der Waals surface area contributed by atoms with Gasteiger partial charge in [-0.1, -0.05) is 17.7 Å². The van der Waals surface area contributed by atoms with E-state index in [1.807, 2.05) is 32.2 Å². The minimum atomic E-state index is 0.226. The molecule has 14 heavy (non-hydrogen) atoms. The second-order valence-corrected chi connectivity index (χ2v) is 3.84. The minimum Gasteiger partial charge on any atom is -0.396 e. The highest BCUT2D eigenvalue weighted by molar-refractivity contribution is 6.31. The predicted octanol–water partition coefficient (Wildman–Crippen LogP) is 2.47. The van der Waals surface area contributed by atoms with E-state index in [4.69, 9.17) is 16.7 Å². The van der Waals surface area contributed by atoms with Gasteiger partial charge in [0.1, 0.15) is 0 Å². The summed E-state index contributed by atoms with van der Waals surface area (Å²) in [6.07, 6.45) is 0.780. The molecule has 78 valence electrons. The molecule has 0 bridgehead atoms. The Morgan fingerprint density at radius 1 is 1.43 bits per heavy atom. The Kier molecular flexibility index (Phi) is 4.23. The summed E-state index contributed by atoms with van der Waals surface area (Å²) in [5.41, 5.74) is 2.18. The van der Waals surface area contributed by atoms with Crippen LogP contribution in [-0.4, -0.2) is 25.3 Å². The molecule has 2 nitrogen and oxygen atoms in total. The standard InChI is InChI=1S/C11H16ClNO/c1-9-4-5-10(8-11(9)12)13(2)6-3-7-14/h4-5,8,14H,3,6-7H2,1-2H3. The maximum Gasteiger partial charge on any atom is 0.0455 e. The van der Waals surface area contributed by atoms with Gasteiger partial charge in [0.25, 0.3) is 0 Å². The highest BCUT2D eigenvalue weighted by Gasteiger charge is 2.02. The Hall–Kier alpha value is -0.730. The zero-order valence-corrected chi connectivity index (χ0v) is 9.38. The topological polar surface area (TPSA) is 23.5 Å². The van der Waals surface area contributed by atoms with E-state index in [2.05, 4.69) is 4.90 Å². The third-order valence-electron chi connectivity index (χ3n) is 2.25. The molecule has 1 aromatic rings. The van der Waals surface area contributed by atoms with E-state index in [1.165, 1.54) is 0 Å². The van der Waals surface area contributed by atoms with Crippen molar-refractivity contribution < 1.29 is 5.11 Å². The lowest BCUT2D eigenvalue weighted by Gasteiger charge is -2.19. The van der Waals surface area contributed by atoms with Crippen molar-refractivity contribution in [2.45, 2.75) is 13.3 Å².